The van der Waals surface area contributed by atoms with Gasteiger partial charge in [0.2, 0.25) is 5.91 Å². The van der Waals surface area contributed by atoms with Crippen molar-refractivity contribution >= 4 is 17.3 Å². The molecule has 0 spiro atoms. The molecule has 1 fully saturated rings. The summed E-state index contributed by atoms with van der Waals surface area (Å²) in [6.45, 7) is 0. The second-order valence-corrected chi connectivity index (χ2v) is 4.94. The van der Waals surface area contributed by atoms with Crippen molar-refractivity contribution in [1.29, 1.82) is 0 Å². The average molecular weight is 285 g/mol. The van der Waals surface area contributed by atoms with Crippen molar-refractivity contribution < 1.29 is 9.21 Å². The van der Waals surface area contributed by atoms with Gasteiger partial charge in [0, 0.05) is 37.0 Å². The van der Waals surface area contributed by atoms with E-state index in [1.807, 2.05) is 0 Å². The van der Waals surface area contributed by atoms with Crippen LogP contribution in [0.5, 0.6) is 0 Å². The maximum absolute atomic E-state index is 12.1. The molecule has 0 unspecified atom stereocenters. The van der Waals surface area contributed by atoms with Gasteiger partial charge in [-0.25, -0.2) is 4.79 Å². The maximum atomic E-state index is 12.1. The number of anilines is 2. The molecule has 0 saturated heterocycles. The number of pyridine rings is 1. The third-order valence-corrected chi connectivity index (χ3v) is 3.36. The molecule has 2 aromatic rings. The molecule has 6 heteroatoms. The van der Waals surface area contributed by atoms with Gasteiger partial charge in [-0.15, -0.1) is 0 Å². The van der Waals surface area contributed by atoms with Crippen LogP contribution in [0.4, 0.5) is 11.4 Å². The Balaban J connectivity index is 1.98. The second-order valence-electron chi connectivity index (χ2n) is 4.94. The van der Waals surface area contributed by atoms with E-state index in [0.717, 1.165) is 12.8 Å². The number of carbonyl (C=O) groups is 1. The van der Waals surface area contributed by atoms with Crippen molar-refractivity contribution in [2.45, 2.75) is 12.8 Å². The number of nitrogens with zero attached hydrogens (tertiary/aromatic N) is 1. The largest absolute Gasteiger partial charge is 0.421 e. The molecular weight excluding hydrogens is 270 g/mol. The van der Waals surface area contributed by atoms with Crippen LogP contribution in [0.15, 0.2) is 39.8 Å². The summed E-state index contributed by atoms with van der Waals surface area (Å²) in [7, 11) is 1.69. The Bertz CT molecular complexity index is 721. The molecule has 0 atom stereocenters. The Morgan fingerprint density at radius 1 is 1.43 bits per heavy atom. The van der Waals surface area contributed by atoms with Crippen molar-refractivity contribution in [3.05, 3.63) is 41.0 Å². The van der Waals surface area contributed by atoms with Crippen LogP contribution in [0.25, 0.3) is 11.3 Å². The first kappa shape index (κ1) is 13.4. The third kappa shape index (κ3) is 2.79. The Hall–Kier alpha value is -2.63. The van der Waals surface area contributed by atoms with Gasteiger partial charge in [0.05, 0.1) is 5.69 Å². The Morgan fingerprint density at radius 2 is 2.24 bits per heavy atom. The number of aromatic nitrogens is 1. The molecule has 6 nitrogen and oxygen atoms in total. The van der Waals surface area contributed by atoms with Gasteiger partial charge in [0.15, 0.2) is 5.69 Å². The van der Waals surface area contributed by atoms with Crippen LogP contribution in [0.3, 0.4) is 0 Å². The van der Waals surface area contributed by atoms with Crippen LogP contribution in [-0.2, 0) is 4.79 Å². The molecule has 0 bridgehead atoms. The lowest BCUT2D eigenvalue weighted by Gasteiger charge is -2.10. The molecule has 2 N–H and O–H groups in total. The van der Waals surface area contributed by atoms with Gasteiger partial charge < -0.3 is 15.1 Å². The van der Waals surface area contributed by atoms with Gasteiger partial charge in [0.1, 0.15) is 5.76 Å². The number of hydrogen-bond donors (Lipinski definition) is 2. The SMILES string of the molecule is CNc1cc(-c2cccnc2)oc(=O)c1NC(=O)C1CC1. The molecule has 0 radical (unpaired) electrons. The Morgan fingerprint density at radius 3 is 2.86 bits per heavy atom. The molecule has 108 valence electrons. The fraction of sp³-hybridized carbons (Fsp3) is 0.267. The van der Waals surface area contributed by atoms with E-state index in [0.29, 0.717) is 17.0 Å². The predicted octanol–water partition coefficient (Wildman–Crippen LogP) is 2.09. The lowest BCUT2D eigenvalue weighted by atomic mass is 10.2. The number of hydrogen-bond acceptors (Lipinski definition) is 5. The predicted molar refractivity (Wildman–Crippen MR) is 79.1 cm³/mol. The highest BCUT2D eigenvalue weighted by molar-refractivity contribution is 5.96. The quantitative estimate of drug-likeness (QED) is 0.898. The van der Waals surface area contributed by atoms with E-state index in [1.54, 1.807) is 37.6 Å². The summed E-state index contributed by atoms with van der Waals surface area (Å²) in [4.78, 5) is 27.9. The molecule has 0 aliphatic heterocycles. The van der Waals surface area contributed by atoms with Crippen molar-refractivity contribution in [3.8, 4) is 11.3 Å². The number of amides is 1. The fourth-order valence-electron chi connectivity index (χ4n) is 2.03. The summed E-state index contributed by atoms with van der Waals surface area (Å²) in [5.41, 5.74) is 0.807. The number of nitrogens with one attached hydrogen (secondary N) is 2. The van der Waals surface area contributed by atoms with Gasteiger partial charge in [-0.2, -0.15) is 0 Å². The minimum absolute atomic E-state index is 0.0205. The summed E-state index contributed by atoms with van der Waals surface area (Å²) in [5, 5.41) is 5.56. The monoisotopic (exact) mass is 285 g/mol. The van der Waals surface area contributed by atoms with E-state index >= 15 is 0 Å². The van der Waals surface area contributed by atoms with E-state index in [-0.39, 0.29) is 17.5 Å². The molecule has 21 heavy (non-hydrogen) atoms. The van der Waals surface area contributed by atoms with Crippen molar-refractivity contribution in [2.24, 2.45) is 5.92 Å². The minimum Gasteiger partial charge on any atom is -0.421 e. The highest BCUT2D eigenvalue weighted by Gasteiger charge is 2.30. The molecular formula is C15H15N3O3. The molecule has 1 aliphatic carbocycles. The zero-order chi connectivity index (χ0) is 14.8. The summed E-state index contributed by atoms with van der Waals surface area (Å²) >= 11 is 0. The highest BCUT2D eigenvalue weighted by Crippen LogP contribution is 2.31. The normalized spacial score (nSPS) is 13.8. The number of rotatable bonds is 4. The van der Waals surface area contributed by atoms with Gasteiger partial charge in [-0.3, -0.25) is 9.78 Å². The first-order valence-corrected chi connectivity index (χ1v) is 6.76. The molecule has 2 heterocycles. The summed E-state index contributed by atoms with van der Waals surface area (Å²) < 4.78 is 5.29. The lowest BCUT2D eigenvalue weighted by molar-refractivity contribution is -0.117. The molecule has 1 saturated carbocycles. The summed E-state index contributed by atoms with van der Waals surface area (Å²) in [5.74, 6) is 0.293. The van der Waals surface area contributed by atoms with Gasteiger partial charge in [0.25, 0.3) is 0 Å². The van der Waals surface area contributed by atoms with Crippen molar-refractivity contribution in [3.63, 3.8) is 0 Å². The topological polar surface area (TPSA) is 84.2 Å². The molecule has 3 rings (SSSR count). The summed E-state index contributed by atoms with van der Waals surface area (Å²) in [6.07, 6.45) is 5.00. The van der Waals surface area contributed by atoms with E-state index < -0.39 is 5.63 Å². The zero-order valence-electron chi connectivity index (χ0n) is 11.6. The second kappa shape index (κ2) is 5.40. The smallest absolute Gasteiger partial charge is 0.362 e. The molecule has 1 aliphatic rings. The standard InChI is InChI=1S/C15H15N3O3/c1-16-11-7-12(10-3-2-6-17-8-10)21-15(20)13(11)18-14(19)9-4-5-9/h2-3,6-9,16H,4-5H2,1H3,(H,18,19). The lowest BCUT2D eigenvalue weighted by Crippen LogP contribution is -2.20. The minimum atomic E-state index is -0.574. The van der Waals surface area contributed by atoms with Crippen LogP contribution < -0.4 is 16.3 Å². The van der Waals surface area contributed by atoms with E-state index in [2.05, 4.69) is 15.6 Å². The van der Waals surface area contributed by atoms with E-state index in [9.17, 15) is 9.59 Å². The third-order valence-electron chi connectivity index (χ3n) is 3.36. The van der Waals surface area contributed by atoms with Crippen LogP contribution >= 0.6 is 0 Å². The van der Waals surface area contributed by atoms with Crippen molar-refractivity contribution in [2.75, 3.05) is 17.7 Å². The fourth-order valence-corrected chi connectivity index (χ4v) is 2.03. The molecule has 2 aromatic heterocycles. The van der Waals surface area contributed by atoms with Crippen LogP contribution in [0.2, 0.25) is 0 Å². The number of carbonyl (C=O) groups excluding carboxylic acids is 1. The molecule has 0 aromatic carbocycles. The maximum Gasteiger partial charge on any atom is 0.362 e. The average Bonchev–Trinajstić information content (AvgIpc) is 3.34. The Kier molecular flexibility index (Phi) is 3.43. The molecule has 1 amide bonds. The highest BCUT2D eigenvalue weighted by atomic mass is 16.4. The first-order chi connectivity index (χ1) is 10.2. The van der Waals surface area contributed by atoms with Crippen molar-refractivity contribution in [1.82, 2.24) is 4.98 Å². The zero-order valence-corrected chi connectivity index (χ0v) is 11.6. The van der Waals surface area contributed by atoms with E-state index in [4.69, 9.17) is 4.42 Å². The van der Waals surface area contributed by atoms with Crippen LogP contribution in [0, 0.1) is 5.92 Å². The van der Waals surface area contributed by atoms with Gasteiger partial charge in [-0.05, 0) is 25.0 Å². The van der Waals surface area contributed by atoms with Crippen LogP contribution in [-0.4, -0.2) is 17.9 Å². The Labute approximate surface area is 121 Å². The van der Waals surface area contributed by atoms with Gasteiger partial charge >= 0.3 is 5.63 Å². The summed E-state index contributed by atoms with van der Waals surface area (Å²) in [6, 6.07) is 5.24. The van der Waals surface area contributed by atoms with Crippen LogP contribution in [0.1, 0.15) is 12.8 Å². The van der Waals surface area contributed by atoms with E-state index in [1.165, 1.54) is 0 Å². The van der Waals surface area contributed by atoms with Gasteiger partial charge in [-0.1, -0.05) is 0 Å². The first-order valence-electron chi connectivity index (χ1n) is 6.76.